The molecule has 2 aromatic heterocycles. The van der Waals surface area contributed by atoms with Crippen molar-refractivity contribution in [3.8, 4) is 0 Å². The second kappa shape index (κ2) is 4.08. The van der Waals surface area contributed by atoms with Crippen LogP contribution < -0.4 is 9.88 Å². The largest absolute Gasteiger partial charge is 0.368 e. The van der Waals surface area contributed by atoms with Crippen molar-refractivity contribution in [1.82, 2.24) is 4.98 Å². The first-order chi connectivity index (χ1) is 7.63. The first-order valence-electron chi connectivity index (χ1n) is 5.59. The first kappa shape index (κ1) is 10.9. The molecule has 3 heteroatoms. The zero-order chi connectivity index (χ0) is 11.7. The van der Waals surface area contributed by atoms with Crippen LogP contribution in [0.25, 0.3) is 10.9 Å². The Balaban J connectivity index is 2.75. The van der Waals surface area contributed by atoms with E-state index in [0.29, 0.717) is 5.92 Å². The van der Waals surface area contributed by atoms with Gasteiger partial charge in [-0.2, -0.15) is 4.57 Å². The maximum absolute atomic E-state index is 4.33. The number of aryl methyl sites for hydroxylation is 1. The molecule has 0 spiro atoms. The van der Waals surface area contributed by atoms with Crippen molar-refractivity contribution in [1.29, 1.82) is 0 Å². The molecule has 2 aromatic rings. The van der Waals surface area contributed by atoms with E-state index in [9.17, 15) is 0 Å². The van der Waals surface area contributed by atoms with Gasteiger partial charge in [-0.05, 0) is 18.1 Å². The second-order valence-corrected chi connectivity index (χ2v) is 4.39. The van der Waals surface area contributed by atoms with Gasteiger partial charge in [0.1, 0.15) is 7.05 Å². The highest BCUT2D eigenvalue weighted by atomic mass is 15.0. The van der Waals surface area contributed by atoms with E-state index < -0.39 is 0 Å². The molecule has 84 valence electrons. The van der Waals surface area contributed by atoms with Gasteiger partial charge in [0.25, 0.3) is 5.52 Å². The summed E-state index contributed by atoms with van der Waals surface area (Å²) in [4.78, 5) is 4.33. The van der Waals surface area contributed by atoms with E-state index in [-0.39, 0.29) is 0 Å². The van der Waals surface area contributed by atoms with Gasteiger partial charge in [0.05, 0.1) is 5.39 Å². The van der Waals surface area contributed by atoms with Crippen LogP contribution in [0.2, 0.25) is 0 Å². The van der Waals surface area contributed by atoms with Crippen molar-refractivity contribution in [3.05, 3.63) is 30.1 Å². The average Bonchev–Trinajstić information content (AvgIpc) is 2.27. The number of anilines is 1. The topological polar surface area (TPSA) is 28.8 Å². The maximum atomic E-state index is 4.33. The van der Waals surface area contributed by atoms with E-state index >= 15 is 0 Å². The molecule has 2 heterocycles. The van der Waals surface area contributed by atoms with E-state index in [2.05, 4.69) is 54.1 Å². The number of nitrogens with one attached hydrogen (secondary N) is 1. The predicted molar refractivity (Wildman–Crippen MR) is 66.6 cm³/mol. The van der Waals surface area contributed by atoms with Gasteiger partial charge >= 0.3 is 0 Å². The molecule has 0 saturated carbocycles. The summed E-state index contributed by atoms with van der Waals surface area (Å²) in [5, 5.41) is 4.36. The van der Waals surface area contributed by atoms with Gasteiger partial charge in [0, 0.05) is 18.8 Å². The Morgan fingerprint density at radius 1 is 1.38 bits per heavy atom. The minimum Gasteiger partial charge on any atom is -0.368 e. The Labute approximate surface area is 96.1 Å². The normalized spacial score (nSPS) is 11.1. The van der Waals surface area contributed by atoms with Crippen molar-refractivity contribution in [2.45, 2.75) is 19.8 Å². The number of aromatic nitrogens is 2. The molecule has 0 atom stereocenters. The molecule has 0 saturated heterocycles. The lowest BCUT2D eigenvalue weighted by molar-refractivity contribution is -0.645. The molecule has 3 nitrogen and oxygen atoms in total. The quantitative estimate of drug-likeness (QED) is 0.780. The molecule has 0 radical (unpaired) electrons. The average molecular weight is 216 g/mol. The van der Waals surface area contributed by atoms with Crippen LogP contribution >= 0.6 is 0 Å². The van der Waals surface area contributed by atoms with Crippen molar-refractivity contribution >= 4 is 16.7 Å². The van der Waals surface area contributed by atoms with Crippen LogP contribution in [0.15, 0.2) is 24.5 Å². The van der Waals surface area contributed by atoms with Gasteiger partial charge in [-0.3, -0.25) is 0 Å². The first-order valence-corrected chi connectivity index (χ1v) is 5.59. The lowest BCUT2D eigenvalue weighted by Crippen LogP contribution is -2.30. The van der Waals surface area contributed by atoms with Crippen molar-refractivity contribution in [3.63, 3.8) is 0 Å². The standard InChI is InChI=1S/C13H18N3/c1-9(2)11-7-10-5-6-15-13(14-3)12(10)16(4)8-11/h5-9H,1-4H3,(H,14,15)/q+1. The summed E-state index contributed by atoms with van der Waals surface area (Å²) >= 11 is 0. The summed E-state index contributed by atoms with van der Waals surface area (Å²) in [6.45, 7) is 4.42. The fraction of sp³-hybridized carbons (Fsp3) is 0.385. The van der Waals surface area contributed by atoms with Crippen LogP contribution in [0, 0.1) is 0 Å². The van der Waals surface area contributed by atoms with Crippen molar-refractivity contribution < 1.29 is 4.57 Å². The Hall–Kier alpha value is -1.64. The molecule has 0 bridgehead atoms. The summed E-state index contributed by atoms with van der Waals surface area (Å²) in [6.07, 6.45) is 4.02. The third kappa shape index (κ3) is 1.73. The molecule has 0 unspecified atom stereocenters. The molecule has 0 aromatic carbocycles. The fourth-order valence-corrected chi connectivity index (χ4v) is 1.96. The van der Waals surface area contributed by atoms with Crippen molar-refractivity contribution in [2.75, 3.05) is 12.4 Å². The highest BCUT2D eigenvalue weighted by Gasteiger charge is 2.14. The summed E-state index contributed by atoms with van der Waals surface area (Å²) in [5.41, 5.74) is 2.50. The summed E-state index contributed by atoms with van der Waals surface area (Å²) in [7, 11) is 3.97. The van der Waals surface area contributed by atoms with Crippen LogP contribution in [-0.2, 0) is 7.05 Å². The van der Waals surface area contributed by atoms with Gasteiger partial charge in [0.2, 0.25) is 0 Å². The minimum absolute atomic E-state index is 0.543. The lowest BCUT2D eigenvalue weighted by Gasteiger charge is -2.07. The molecular weight excluding hydrogens is 198 g/mol. The van der Waals surface area contributed by atoms with Crippen molar-refractivity contribution in [2.24, 2.45) is 7.05 Å². The predicted octanol–water partition coefficient (Wildman–Crippen LogP) is 2.22. The van der Waals surface area contributed by atoms with Gasteiger partial charge in [-0.25, -0.2) is 4.98 Å². The van der Waals surface area contributed by atoms with E-state index in [1.807, 2.05) is 13.2 Å². The molecule has 0 aliphatic heterocycles. The zero-order valence-corrected chi connectivity index (χ0v) is 10.3. The molecule has 16 heavy (non-hydrogen) atoms. The van der Waals surface area contributed by atoms with E-state index in [0.717, 1.165) is 11.3 Å². The van der Waals surface area contributed by atoms with E-state index in [4.69, 9.17) is 0 Å². The van der Waals surface area contributed by atoms with Crippen LogP contribution in [0.1, 0.15) is 25.3 Å². The molecule has 0 aliphatic rings. The highest BCUT2D eigenvalue weighted by Crippen LogP contribution is 2.21. The van der Waals surface area contributed by atoms with Crippen LogP contribution in [0.5, 0.6) is 0 Å². The summed E-state index contributed by atoms with van der Waals surface area (Å²) in [5.74, 6) is 1.47. The minimum atomic E-state index is 0.543. The number of hydrogen-bond donors (Lipinski definition) is 1. The molecular formula is C13H18N3+. The van der Waals surface area contributed by atoms with Gasteiger partial charge in [-0.1, -0.05) is 13.8 Å². The summed E-state index contributed by atoms with van der Waals surface area (Å²) < 4.78 is 2.14. The Morgan fingerprint density at radius 3 is 2.75 bits per heavy atom. The third-order valence-corrected chi connectivity index (χ3v) is 2.88. The second-order valence-electron chi connectivity index (χ2n) is 4.39. The number of pyridine rings is 2. The van der Waals surface area contributed by atoms with Gasteiger partial charge in [0.15, 0.2) is 12.0 Å². The molecule has 1 N–H and O–H groups in total. The monoisotopic (exact) mass is 216 g/mol. The fourth-order valence-electron chi connectivity index (χ4n) is 1.96. The molecule has 0 aliphatic carbocycles. The third-order valence-electron chi connectivity index (χ3n) is 2.88. The smallest absolute Gasteiger partial charge is 0.255 e. The Kier molecular flexibility index (Phi) is 2.77. The van der Waals surface area contributed by atoms with Crippen LogP contribution in [-0.4, -0.2) is 12.0 Å². The maximum Gasteiger partial charge on any atom is 0.255 e. The molecule has 2 rings (SSSR count). The Bertz CT molecular complexity index is 518. The number of fused-ring (bicyclic) bond motifs is 1. The molecule has 0 fully saturated rings. The lowest BCUT2D eigenvalue weighted by atomic mass is 10.0. The Morgan fingerprint density at radius 2 is 2.12 bits per heavy atom. The van der Waals surface area contributed by atoms with Crippen LogP contribution in [0.3, 0.4) is 0 Å². The number of nitrogens with zero attached hydrogens (tertiary/aromatic N) is 2. The SMILES string of the molecule is CNc1nccc2cc(C(C)C)c[n+](C)c12. The zero-order valence-electron chi connectivity index (χ0n) is 10.3. The number of hydrogen-bond acceptors (Lipinski definition) is 2. The summed E-state index contributed by atoms with van der Waals surface area (Å²) in [6, 6.07) is 4.30. The van der Waals surface area contributed by atoms with E-state index in [1.165, 1.54) is 10.9 Å². The van der Waals surface area contributed by atoms with Gasteiger partial charge in [-0.15, -0.1) is 0 Å². The number of rotatable bonds is 2. The highest BCUT2D eigenvalue weighted by molar-refractivity contribution is 5.85. The molecule has 0 amide bonds. The van der Waals surface area contributed by atoms with Crippen LogP contribution in [0.4, 0.5) is 5.82 Å². The van der Waals surface area contributed by atoms with E-state index in [1.54, 1.807) is 0 Å². The van der Waals surface area contributed by atoms with Gasteiger partial charge < -0.3 is 5.32 Å².